The number of benzene rings is 1. The lowest BCUT2D eigenvalue weighted by molar-refractivity contribution is 0.707. The largest absolute Gasteiger partial charge is 0.397 e. The number of nitrogens with one attached hydrogen (secondary N) is 1. The maximum absolute atomic E-state index is 6.18. The van der Waals surface area contributed by atoms with Crippen molar-refractivity contribution in [1.82, 2.24) is 0 Å². The van der Waals surface area contributed by atoms with E-state index in [9.17, 15) is 0 Å². The topological polar surface area (TPSA) is 38.0 Å². The number of hydrogen-bond acceptors (Lipinski definition) is 9. The number of aryl methyl sites for hydroxylation is 2. The van der Waals surface area contributed by atoms with E-state index < -0.39 is 0 Å². The van der Waals surface area contributed by atoms with E-state index in [-0.39, 0.29) is 0 Å². The second kappa shape index (κ2) is 20.4. The lowest BCUT2D eigenvalue weighted by Crippen LogP contribution is -2.05. The normalized spacial score (nSPS) is 15.4. The molecule has 3 N–H and O–H groups in total. The van der Waals surface area contributed by atoms with Crippen LogP contribution in [0.1, 0.15) is 95.6 Å². The van der Waals surface area contributed by atoms with Crippen molar-refractivity contribution in [2.45, 2.75) is 98.3 Å². The van der Waals surface area contributed by atoms with Gasteiger partial charge in [-0.1, -0.05) is 106 Å². The molecule has 0 radical (unpaired) electrons. The molecule has 224 valence electrons. The summed E-state index contributed by atoms with van der Waals surface area (Å²) in [6, 6.07) is 4.25. The van der Waals surface area contributed by atoms with Gasteiger partial charge in [-0.25, -0.2) is 0 Å². The fraction of sp³-hybridized carbons (Fsp3) is 0.613. The fourth-order valence-electron chi connectivity index (χ4n) is 4.11. The van der Waals surface area contributed by atoms with E-state index in [2.05, 4.69) is 97.6 Å². The quantitative estimate of drug-likeness (QED) is 0.104. The van der Waals surface area contributed by atoms with E-state index in [1.165, 1.54) is 112 Å². The summed E-state index contributed by atoms with van der Waals surface area (Å²) >= 11 is 14.3. The molecule has 2 heterocycles. The van der Waals surface area contributed by atoms with Gasteiger partial charge in [-0.3, -0.25) is 0 Å². The van der Waals surface area contributed by atoms with Crippen LogP contribution in [0.2, 0.25) is 0 Å². The standard InChI is InChI=1S/C31H48N2S7/c1-5-7-9-13-18-35-28-29(36-19-14-10-8-6-2)40-31(39-28)30-37-22-27(38-30)34-17-15-11-12-16-33-26-21-24(4)23(3)20-25(26)32/h20-22,33H,5-19,32H2,1-4H3. The first-order chi connectivity index (χ1) is 19.5. The molecule has 3 rings (SSSR count). The molecule has 0 fully saturated rings. The van der Waals surface area contributed by atoms with Gasteiger partial charge in [0.05, 0.1) is 32.6 Å². The molecular formula is C31H48N2S7. The molecule has 2 nitrogen and oxygen atoms in total. The second-order valence-electron chi connectivity index (χ2n) is 10.2. The van der Waals surface area contributed by atoms with Crippen molar-refractivity contribution in [3.63, 3.8) is 0 Å². The number of thioether (sulfide) groups is 7. The summed E-state index contributed by atoms with van der Waals surface area (Å²) < 4.78 is 7.64. The Kier molecular flexibility index (Phi) is 17.9. The van der Waals surface area contributed by atoms with E-state index in [1.807, 2.05) is 35.3 Å². The fourth-order valence-corrected chi connectivity index (χ4v) is 14.1. The molecule has 0 atom stereocenters. The minimum absolute atomic E-state index is 0.857. The summed E-state index contributed by atoms with van der Waals surface area (Å²) in [6.07, 6.45) is 14.5. The molecule has 0 amide bonds. The van der Waals surface area contributed by atoms with Gasteiger partial charge in [-0.15, -0.1) is 35.3 Å². The molecule has 0 saturated carbocycles. The Hall–Kier alpha value is 0.490. The van der Waals surface area contributed by atoms with E-state index in [1.54, 1.807) is 8.47 Å². The van der Waals surface area contributed by atoms with Crippen LogP contribution in [0.5, 0.6) is 0 Å². The number of hydrogen-bond donors (Lipinski definition) is 2. The Morgan fingerprint density at radius 3 is 1.88 bits per heavy atom. The zero-order valence-electron chi connectivity index (χ0n) is 24.8. The number of nitrogens with two attached hydrogens (primary N) is 1. The van der Waals surface area contributed by atoms with Crippen molar-refractivity contribution < 1.29 is 0 Å². The van der Waals surface area contributed by atoms with Crippen LogP contribution >= 0.6 is 82.3 Å². The van der Waals surface area contributed by atoms with Crippen molar-refractivity contribution in [1.29, 1.82) is 0 Å². The van der Waals surface area contributed by atoms with Gasteiger partial charge in [0.2, 0.25) is 0 Å². The van der Waals surface area contributed by atoms with Crippen molar-refractivity contribution >= 4 is 93.7 Å². The molecular weight excluding hydrogens is 625 g/mol. The van der Waals surface area contributed by atoms with Crippen LogP contribution in [-0.2, 0) is 0 Å². The Labute approximate surface area is 274 Å². The van der Waals surface area contributed by atoms with Gasteiger partial charge in [-0.2, -0.15) is 0 Å². The Morgan fingerprint density at radius 1 is 0.675 bits per heavy atom. The third-order valence-electron chi connectivity index (χ3n) is 6.67. The first-order valence-electron chi connectivity index (χ1n) is 14.9. The van der Waals surface area contributed by atoms with Gasteiger partial charge in [0.1, 0.15) is 0 Å². The Bertz CT molecular complexity index is 991. The van der Waals surface area contributed by atoms with Gasteiger partial charge in [0.25, 0.3) is 0 Å². The zero-order chi connectivity index (χ0) is 28.6. The molecule has 9 heteroatoms. The molecule has 0 aromatic heterocycles. The van der Waals surface area contributed by atoms with Crippen LogP contribution in [0.4, 0.5) is 11.4 Å². The van der Waals surface area contributed by atoms with Crippen LogP contribution in [0.3, 0.4) is 0 Å². The van der Waals surface area contributed by atoms with Crippen molar-refractivity contribution in [3.05, 3.63) is 49.9 Å². The number of rotatable bonds is 20. The van der Waals surface area contributed by atoms with Crippen LogP contribution < -0.4 is 11.1 Å². The monoisotopic (exact) mass is 672 g/mol. The molecule has 2 aliphatic rings. The number of anilines is 2. The number of nitrogen functional groups attached to an aromatic ring is 1. The lowest BCUT2D eigenvalue weighted by Gasteiger charge is -2.12. The maximum Gasteiger partial charge on any atom is 0.0717 e. The average Bonchev–Trinajstić information content (AvgIpc) is 3.58. The van der Waals surface area contributed by atoms with Gasteiger partial charge in [0.15, 0.2) is 0 Å². The molecule has 1 aromatic carbocycles. The highest BCUT2D eigenvalue weighted by molar-refractivity contribution is 8.43. The highest BCUT2D eigenvalue weighted by Gasteiger charge is 2.27. The third kappa shape index (κ3) is 12.6. The third-order valence-corrected chi connectivity index (χ3v) is 16.7. The van der Waals surface area contributed by atoms with Gasteiger partial charge < -0.3 is 11.1 Å². The van der Waals surface area contributed by atoms with Gasteiger partial charge >= 0.3 is 0 Å². The molecule has 0 bridgehead atoms. The molecule has 0 aliphatic carbocycles. The molecule has 1 aromatic rings. The minimum atomic E-state index is 0.857. The predicted octanol–water partition coefficient (Wildman–Crippen LogP) is 12.8. The summed E-state index contributed by atoms with van der Waals surface area (Å²) in [5, 5.41) is 5.92. The molecule has 40 heavy (non-hydrogen) atoms. The average molecular weight is 673 g/mol. The highest BCUT2D eigenvalue weighted by Crippen LogP contribution is 2.63. The summed E-state index contributed by atoms with van der Waals surface area (Å²) in [6.45, 7) is 9.84. The summed E-state index contributed by atoms with van der Waals surface area (Å²) in [5.41, 5.74) is 10.7. The van der Waals surface area contributed by atoms with Gasteiger partial charge in [-0.05, 0) is 85.5 Å². The molecule has 2 aliphatic heterocycles. The van der Waals surface area contributed by atoms with Crippen molar-refractivity contribution in [3.8, 4) is 0 Å². The Balaban J connectivity index is 1.36. The van der Waals surface area contributed by atoms with E-state index in [4.69, 9.17) is 5.73 Å². The first-order valence-corrected chi connectivity index (χ1v) is 21.2. The maximum atomic E-state index is 6.18. The summed E-state index contributed by atoms with van der Waals surface area (Å²) in [4.78, 5) is 0. The SMILES string of the molecule is CCCCCCSC1=C(SCCCCCC)SC(=C2SC=C(SCCCCCNc3cc(C)c(C)cc3N)S2)S1. The Morgan fingerprint density at radius 2 is 1.25 bits per heavy atom. The first kappa shape index (κ1) is 35.0. The smallest absolute Gasteiger partial charge is 0.0717 e. The van der Waals surface area contributed by atoms with Crippen LogP contribution in [0, 0.1) is 13.8 Å². The molecule has 0 saturated heterocycles. The lowest BCUT2D eigenvalue weighted by atomic mass is 10.1. The second-order valence-corrected chi connectivity index (χ2v) is 18.8. The van der Waals surface area contributed by atoms with Crippen LogP contribution in [0.25, 0.3) is 0 Å². The zero-order valence-corrected chi connectivity index (χ0v) is 30.5. The highest BCUT2D eigenvalue weighted by atomic mass is 32.3. The van der Waals surface area contributed by atoms with Crippen LogP contribution in [-0.4, -0.2) is 23.8 Å². The van der Waals surface area contributed by atoms with E-state index in [0.29, 0.717) is 0 Å². The summed E-state index contributed by atoms with van der Waals surface area (Å²) in [5.74, 6) is 3.72. The minimum Gasteiger partial charge on any atom is -0.397 e. The van der Waals surface area contributed by atoms with E-state index >= 15 is 0 Å². The summed E-state index contributed by atoms with van der Waals surface area (Å²) in [7, 11) is 0. The number of unbranched alkanes of at least 4 members (excludes halogenated alkanes) is 8. The van der Waals surface area contributed by atoms with Crippen LogP contribution in [0.15, 0.2) is 38.7 Å². The molecule has 0 unspecified atom stereocenters. The predicted molar refractivity (Wildman–Crippen MR) is 201 cm³/mol. The van der Waals surface area contributed by atoms with Crippen molar-refractivity contribution in [2.75, 3.05) is 34.9 Å². The molecule has 0 spiro atoms. The van der Waals surface area contributed by atoms with Crippen molar-refractivity contribution in [2.24, 2.45) is 0 Å². The van der Waals surface area contributed by atoms with Gasteiger partial charge in [0, 0.05) is 6.54 Å². The van der Waals surface area contributed by atoms with E-state index in [0.717, 1.165) is 17.9 Å².